The van der Waals surface area contributed by atoms with Crippen molar-refractivity contribution in [3.05, 3.63) is 0 Å². The van der Waals surface area contributed by atoms with Gasteiger partial charge in [-0.15, -0.1) is 23.4 Å². The molecule has 0 spiro atoms. The van der Waals surface area contributed by atoms with E-state index >= 15 is 0 Å². The van der Waals surface area contributed by atoms with Crippen LogP contribution in [-0.4, -0.2) is 92.8 Å². The van der Waals surface area contributed by atoms with E-state index in [0.717, 1.165) is 25.7 Å². The first-order chi connectivity index (χ1) is 12.7. The first kappa shape index (κ1) is 23.2. The molecule has 0 aliphatic carbocycles. The van der Waals surface area contributed by atoms with Crippen LogP contribution in [0.2, 0.25) is 0 Å². The van der Waals surface area contributed by atoms with Gasteiger partial charge in [-0.2, -0.15) is 0 Å². The van der Waals surface area contributed by atoms with Gasteiger partial charge in [0.25, 0.3) is 0 Å². The highest BCUT2D eigenvalue weighted by molar-refractivity contribution is 7.99. The number of ether oxygens (including phenoxy) is 1. The minimum atomic E-state index is -1.36. The fraction of sp³-hybridized carbons (Fsp3) is 0.944. The van der Waals surface area contributed by atoms with Gasteiger partial charge >= 0.3 is 0 Å². The van der Waals surface area contributed by atoms with E-state index in [1.807, 2.05) is 7.05 Å². The third-order valence-corrected chi connectivity index (χ3v) is 6.89. The molecule has 2 aliphatic rings. The minimum Gasteiger partial charge on any atom is -0.388 e. The number of rotatable bonds is 7. The molecule has 2 saturated heterocycles. The van der Waals surface area contributed by atoms with Gasteiger partial charge in [0.1, 0.15) is 29.9 Å². The molecular formula is C18H33ClN2O5S. The van der Waals surface area contributed by atoms with Gasteiger partial charge in [0.05, 0.1) is 17.5 Å². The van der Waals surface area contributed by atoms with E-state index in [0.29, 0.717) is 6.04 Å². The van der Waals surface area contributed by atoms with Crippen LogP contribution < -0.4 is 5.32 Å². The van der Waals surface area contributed by atoms with Crippen molar-refractivity contribution in [2.45, 2.75) is 92.9 Å². The van der Waals surface area contributed by atoms with Gasteiger partial charge in [0.2, 0.25) is 5.91 Å². The number of thioether (sulfide) groups is 1. The fourth-order valence-electron chi connectivity index (χ4n) is 4.09. The zero-order valence-corrected chi connectivity index (χ0v) is 18.0. The van der Waals surface area contributed by atoms with Crippen LogP contribution in [0.15, 0.2) is 0 Å². The normalized spacial score (nSPS) is 39.9. The third-order valence-electron chi connectivity index (χ3n) is 5.76. The Morgan fingerprint density at radius 1 is 1.30 bits per heavy atom. The quantitative estimate of drug-likeness (QED) is 0.442. The monoisotopic (exact) mass is 424 g/mol. The number of likely N-dealkylation sites (N-methyl/N-ethyl adjacent to an activating group) is 1. The van der Waals surface area contributed by atoms with Crippen LogP contribution in [0.4, 0.5) is 0 Å². The fourth-order valence-corrected chi connectivity index (χ4v) is 4.98. The van der Waals surface area contributed by atoms with Crippen LogP contribution in [0.1, 0.15) is 39.5 Å². The zero-order valence-electron chi connectivity index (χ0n) is 16.4. The lowest BCUT2D eigenvalue weighted by Gasteiger charge is -2.44. The molecule has 27 heavy (non-hydrogen) atoms. The number of nitrogens with zero attached hydrogens (tertiary/aromatic N) is 1. The number of likely N-dealkylation sites (tertiary alicyclic amines) is 1. The number of alkyl halides is 1. The molecule has 1 amide bonds. The largest absolute Gasteiger partial charge is 0.388 e. The Morgan fingerprint density at radius 3 is 2.52 bits per heavy atom. The summed E-state index contributed by atoms with van der Waals surface area (Å²) in [6, 6.07) is -0.538. The maximum Gasteiger partial charge on any atom is 0.237 e. The van der Waals surface area contributed by atoms with Crippen molar-refractivity contribution in [1.29, 1.82) is 0 Å². The maximum atomic E-state index is 12.9. The van der Waals surface area contributed by atoms with Crippen LogP contribution in [0, 0.1) is 0 Å². The van der Waals surface area contributed by atoms with Gasteiger partial charge in [-0.1, -0.05) is 13.3 Å². The van der Waals surface area contributed by atoms with Crippen molar-refractivity contribution in [2.24, 2.45) is 0 Å². The molecule has 1 unspecified atom stereocenters. The summed E-state index contributed by atoms with van der Waals surface area (Å²) in [6.45, 7) is 3.85. The molecule has 9 heteroatoms. The van der Waals surface area contributed by atoms with Gasteiger partial charge in [0, 0.05) is 6.04 Å². The van der Waals surface area contributed by atoms with Gasteiger partial charge in [-0.3, -0.25) is 9.69 Å². The van der Waals surface area contributed by atoms with Crippen molar-refractivity contribution in [1.82, 2.24) is 10.2 Å². The Morgan fingerprint density at radius 2 is 1.96 bits per heavy atom. The van der Waals surface area contributed by atoms with E-state index < -0.39 is 41.3 Å². The predicted octanol–water partition coefficient (Wildman–Crippen LogP) is 0.532. The number of amides is 1. The summed E-state index contributed by atoms with van der Waals surface area (Å²) in [7, 11) is 1.96. The Labute approximate surface area is 170 Å². The molecule has 0 bridgehead atoms. The van der Waals surface area contributed by atoms with Crippen LogP contribution in [0.5, 0.6) is 0 Å². The summed E-state index contributed by atoms with van der Waals surface area (Å²) >= 11 is 7.55. The average Bonchev–Trinajstić information content (AvgIpc) is 2.99. The van der Waals surface area contributed by atoms with Crippen LogP contribution in [0.25, 0.3) is 0 Å². The summed E-state index contributed by atoms with van der Waals surface area (Å²) in [4.78, 5) is 15.0. The Kier molecular flexibility index (Phi) is 8.67. The summed E-state index contributed by atoms with van der Waals surface area (Å²) in [5.41, 5.74) is -0.702. The Hall–Kier alpha value is -0.0900. The molecular weight excluding hydrogens is 392 g/mol. The molecule has 158 valence electrons. The molecule has 9 atom stereocenters. The molecule has 7 nitrogen and oxygen atoms in total. The second-order valence-corrected chi connectivity index (χ2v) is 9.21. The van der Waals surface area contributed by atoms with Crippen LogP contribution in [0.3, 0.4) is 0 Å². The van der Waals surface area contributed by atoms with Gasteiger partial charge in [-0.25, -0.2) is 0 Å². The molecule has 2 rings (SSSR count). The summed E-state index contributed by atoms with van der Waals surface area (Å²) in [6.07, 6.45) is 0.810. The number of aliphatic hydroxyl groups excluding tert-OH is 3. The standard InChI is InChI=1S/C18H33ClN2O5S/c1-5-6-10-7-8-11(21(10)3)17(25)20-12(9(2)19)16-14(23)13(22)15(24)18(26-16)27-4/h9-16,18,22-24H,5-8H2,1-4H3,(H,20,25)/t9-,10-,11?,12-,13+,14-,15-,16-,18-/m1/s1. The zero-order chi connectivity index (χ0) is 20.3. The number of hydrogen-bond acceptors (Lipinski definition) is 7. The average molecular weight is 425 g/mol. The molecule has 0 aromatic carbocycles. The first-order valence-corrected chi connectivity index (χ1v) is 11.3. The lowest BCUT2D eigenvalue weighted by atomic mass is 9.93. The minimum absolute atomic E-state index is 0.147. The highest BCUT2D eigenvalue weighted by atomic mass is 35.5. The molecule has 4 N–H and O–H groups in total. The maximum absolute atomic E-state index is 12.9. The highest BCUT2D eigenvalue weighted by Crippen LogP contribution is 2.31. The molecule has 0 saturated carbocycles. The molecule has 2 heterocycles. The number of carbonyl (C=O) groups is 1. The van der Waals surface area contributed by atoms with Crippen LogP contribution >= 0.6 is 23.4 Å². The summed E-state index contributed by atoms with van der Waals surface area (Å²) in [5.74, 6) is -0.147. The third kappa shape index (κ3) is 5.10. The van der Waals surface area contributed by atoms with E-state index in [1.165, 1.54) is 11.8 Å². The highest BCUT2D eigenvalue weighted by Gasteiger charge is 2.48. The summed E-state index contributed by atoms with van der Waals surface area (Å²) in [5, 5.41) is 33.0. The lowest BCUT2D eigenvalue weighted by Crippen LogP contribution is -2.65. The van der Waals surface area contributed by atoms with Crippen molar-refractivity contribution in [3.8, 4) is 0 Å². The second-order valence-electron chi connectivity index (χ2n) is 7.59. The number of carbonyl (C=O) groups excluding carboxylic acids is 1. The smallest absolute Gasteiger partial charge is 0.237 e. The summed E-state index contributed by atoms with van der Waals surface area (Å²) < 4.78 is 5.79. The first-order valence-electron chi connectivity index (χ1n) is 9.61. The van der Waals surface area contributed by atoms with Gasteiger partial charge in [0.15, 0.2) is 0 Å². The molecule has 2 aliphatic heterocycles. The topological polar surface area (TPSA) is 102 Å². The number of nitrogens with one attached hydrogen (secondary N) is 1. The Balaban J connectivity index is 2.10. The SMILES string of the molecule is CCC[C@@H]1CCC(C(=O)N[C@@H]([C@H]2O[C@H](SC)[C@H](O)[C@@H](O)[C@H]2O)[C@@H](C)Cl)N1C. The van der Waals surface area contributed by atoms with Gasteiger partial charge < -0.3 is 25.4 Å². The van der Waals surface area contributed by atoms with Gasteiger partial charge in [-0.05, 0) is 39.5 Å². The van der Waals surface area contributed by atoms with Crippen molar-refractivity contribution in [2.75, 3.05) is 13.3 Å². The lowest BCUT2D eigenvalue weighted by molar-refractivity contribution is -0.205. The Bertz CT molecular complexity index is 498. The van der Waals surface area contributed by atoms with Crippen molar-refractivity contribution in [3.63, 3.8) is 0 Å². The predicted molar refractivity (Wildman–Crippen MR) is 107 cm³/mol. The van der Waals surface area contributed by atoms with Crippen LogP contribution in [-0.2, 0) is 9.53 Å². The molecule has 0 radical (unpaired) electrons. The second kappa shape index (κ2) is 10.1. The van der Waals surface area contributed by atoms with E-state index in [1.54, 1.807) is 13.2 Å². The molecule has 0 aromatic rings. The van der Waals surface area contributed by atoms with Crippen molar-refractivity contribution >= 4 is 29.3 Å². The number of hydrogen-bond donors (Lipinski definition) is 4. The number of aliphatic hydroxyl groups is 3. The number of halogens is 1. The van der Waals surface area contributed by atoms with E-state index in [-0.39, 0.29) is 11.9 Å². The molecule has 2 fully saturated rings. The van der Waals surface area contributed by atoms with Crippen molar-refractivity contribution < 1.29 is 24.9 Å². The van der Waals surface area contributed by atoms with E-state index in [9.17, 15) is 20.1 Å². The van der Waals surface area contributed by atoms with E-state index in [2.05, 4.69) is 17.1 Å². The van der Waals surface area contributed by atoms with E-state index in [4.69, 9.17) is 16.3 Å². The molecule has 0 aromatic heterocycles.